The number of ether oxygens (including phenoxy) is 1. The van der Waals surface area contributed by atoms with E-state index in [1.54, 1.807) is 24.7 Å². The third-order valence-corrected chi connectivity index (χ3v) is 5.34. The fourth-order valence-electron chi connectivity index (χ4n) is 3.58. The van der Waals surface area contributed by atoms with Crippen LogP contribution >= 0.6 is 0 Å². The number of pyridine rings is 3. The van der Waals surface area contributed by atoms with Crippen molar-refractivity contribution in [2.24, 2.45) is 5.92 Å². The minimum absolute atomic E-state index is 0.0833. The van der Waals surface area contributed by atoms with Gasteiger partial charge in [-0.3, -0.25) is 14.8 Å². The minimum atomic E-state index is -0.526. The molecular weight excluding hydrogens is 380 g/mol. The van der Waals surface area contributed by atoms with Gasteiger partial charge in [0.1, 0.15) is 0 Å². The third-order valence-electron chi connectivity index (χ3n) is 5.34. The molecule has 0 aromatic carbocycles. The number of amides is 1. The Kier molecular flexibility index (Phi) is 5.61. The van der Waals surface area contributed by atoms with Gasteiger partial charge in [0.15, 0.2) is 5.75 Å². The number of hydrogen-bond donors (Lipinski definition) is 2. The number of nitrogens with one attached hydrogen (secondary N) is 2. The van der Waals surface area contributed by atoms with Gasteiger partial charge in [-0.2, -0.15) is 0 Å². The molecule has 0 saturated heterocycles. The molecular formula is C23H24N4O3. The summed E-state index contributed by atoms with van der Waals surface area (Å²) in [6.45, 7) is 3.77. The number of rotatable bonds is 6. The van der Waals surface area contributed by atoms with Crippen LogP contribution in [0.4, 0.5) is 4.79 Å². The molecule has 7 nitrogen and oxygen atoms in total. The molecule has 0 aliphatic heterocycles. The fourth-order valence-corrected chi connectivity index (χ4v) is 3.58. The lowest BCUT2D eigenvalue weighted by atomic mass is 10.0. The summed E-state index contributed by atoms with van der Waals surface area (Å²) in [4.78, 5) is 35.8. The molecule has 3 aromatic heterocycles. The molecule has 1 saturated carbocycles. The Labute approximate surface area is 174 Å². The van der Waals surface area contributed by atoms with Crippen LogP contribution in [0, 0.1) is 12.8 Å². The predicted molar refractivity (Wildman–Crippen MR) is 113 cm³/mol. The van der Waals surface area contributed by atoms with Gasteiger partial charge in [-0.15, -0.1) is 0 Å². The first-order valence-corrected chi connectivity index (χ1v) is 10.1. The Morgan fingerprint density at radius 2 is 2.10 bits per heavy atom. The summed E-state index contributed by atoms with van der Waals surface area (Å²) in [6.07, 6.45) is 8.92. The molecule has 1 unspecified atom stereocenters. The molecule has 30 heavy (non-hydrogen) atoms. The van der Waals surface area contributed by atoms with Crippen LogP contribution in [0.15, 0.2) is 53.8 Å². The number of carbonyl (C=O) groups excluding carboxylic acids is 1. The molecule has 4 rings (SSSR count). The number of aromatic amines is 1. The maximum Gasteiger partial charge on any atom is 0.413 e. The maximum atomic E-state index is 12.6. The lowest BCUT2D eigenvalue weighted by molar-refractivity contribution is 0.194. The second-order valence-electron chi connectivity index (χ2n) is 7.56. The van der Waals surface area contributed by atoms with Crippen molar-refractivity contribution in [3.8, 4) is 16.9 Å². The average molecular weight is 404 g/mol. The summed E-state index contributed by atoms with van der Waals surface area (Å²) in [5.74, 6) is 0.747. The summed E-state index contributed by atoms with van der Waals surface area (Å²) in [5, 5.41) is 2.96. The average Bonchev–Trinajstić information content (AvgIpc) is 3.58. The summed E-state index contributed by atoms with van der Waals surface area (Å²) in [7, 11) is 0. The van der Waals surface area contributed by atoms with Gasteiger partial charge in [-0.05, 0) is 55.9 Å². The lowest BCUT2D eigenvalue weighted by Crippen LogP contribution is -2.32. The van der Waals surface area contributed by atoms with Crippen LogP contribution in [-0.4, -0.2) is 21.0 Å². The smallest absolute Gasteiger partial charge is 0.409 e. The summed E-state index contributed by atoms with van der Waals surface area (Å²) >= 11 is 0. The van der Waals surface area contributed by atoms with Gasteiger partial charge >= 0.3 is 6.09 Å². The molecule has 1 atom stereocenters. The van der Waals surface area contributed by atoms with Crippen molar-refractivity contribution < 1.29 is 9.53 Å². The summed E-state index contributed by atoms with van der Waals surface area (Å²) in [5.41, 5.74) is 3.96. The topological polar surface area (TPSA) is 97.0 Å². The van der Waals surface area contributed by atoms with E-state index >= 15 is 0 Å². The Balaban J connectivity index is 1.52. The fraction of sp³-hybridized carbons (Fsp3) is 0.304. The van der Waals surface area contributed by atoms with Crippen LogP contribution in [0.2, 0.25) is 0 Å². The Bertz CT molecular complexity index is 1110. The lowest BCUT2D eigenvalue weighted by Gasteiger charge is -2.18. The number of H-pyrrole nitrogens is 1. The highest BCUT2D eigenvalue weighted by Gasteiger charge is 2.34. The second-order valence-corrected chi connectivity index (χ2v) is 7.56. The molecule has 7 heteroatoms. The van der Waals surface area contributed by atoms with Crippen molar-refractivity contribution in [2.45, 2.75) is 39.2 Å². The Morgan fingerprint density at radius 1 is 1.27 bits per heavy atom. The number of hydrogen-bond acceptors (Lipinski definition) is 5. The van der Waals surface area contributed by atoms with Gasteiger partial charge in [-0.1, -0.05) is 13.0 Å². The first-order chi connectivity index (χ1) is 14.5. The number of nitrogens with zero attached hydrogens (tertiary/aromatic N) is 2. The van der Waals surface area contributed by atoms with E-state index in [0.29, 0.717) is 23.7 Å². The molecule has 0 bridgehead atoms. The zero-order valence-corrected chi connectivity index (χ0v) is 17.0. The Hall–Kier alpha value is -3.48. The molecule has 1 aliphatic rings. The van der Waals surface area contributed by atoms with Gasteiger partial charge in [0, 0.05) is 41.0 Å². The van der Waals surface area contributed by atoms with E-state index < -0.39 is 6.09 Å². The molecule has 2 N–H and O–H groups in total. The van der Waals surface area contributed by atoms with Crippen LogP contribution in [0.1, 0.15) is 42.6 Å². The molecule has 1 amide bonds. The Morgan fingerprint density at radius 3 is 2.80 bits per heavy atom. The number of carbonyl (C=O) groups is 1. The van der Waals surface area contributed by atoms with Gasteiger partial charge < -0.3 is 15.0 Å². The first kappa shape index (κ1) is 19.8. The maximum absolute atomic E-state index is 12.6. The van der Waals surface area contributed by atoms with E-state index in [-0.39, 0.29) is 11.6 Å². The summed E-state index contributed by atoms with van der Waals surface area (Å²) < 4.78 is 5.52. The van der Waals surface area contributed by atoms with E-state index in [4.69, 9.17) is 4.74 Å². The molecule has 3 aromatic rings. The van der Waals surface area contributed by atoms with E-state index in [0.717, 1.165) is 35.2 Å². The first-order valence-electron chi connectivity index (χ1n) is 10.1. The zero-order chi connectivity index (χ0) is 21.1. The molecule has 0 spiro atoms. The van der Waals surface area contributed by atoms with Gasteiger partial charge in [0.05, 0.1) is 12.2 Å². The van der Waals surface area contributed by atoms with Crippen LogP contribution in [0.3, 0.4) is 0 Å². The molecule has 0 radical (unpaired) electrons. The SMILES string of the molecule is CCc1cc(-c2cncc(OC(=O)NC(c3cccnc3)C3CC3)c2)c(C)[nH]c1=O. The van der Waals surface area contributed by atoms with Gasteiger partial charge in [0.25, 0.3) is 5.56 Å². The zero-order valence-electron chi connectivity index (χ0n) is 17.0. The highest BCUT2D eigenvalue weighted by molar-refractivity contribution is 5.73. The third kappa shape index (κ3) is 4.40. The normalized spacial score (nSPS) is 14.2. The van der Waals surface area contributed by atoms with Crippen LogP contribution in [0.5, 0.6) is 5.75 Å². The van der Waals surface area contributed by atoms with E-state index in [1.807, 2.05) is 32.0 Å². The number of aromatic nitrogens is 3. The second kappa shape index (κ2) is 8.49. The van der Waals surface area contributed by atoms with E-state index in [1.165, 1.54) is 6.20 Å². The largest absolute Gasteiger partial charge is 0.413 e. The minimum Gasteiger partial charge on any atom is -0.409 e. The van der Waals surface area contributed by atoms with Crippen LogP contribution in [-0.2, 0) is 6.42 Å². The summed E-state index contributed by atoms with van der Waals surface area (Å²) in [6, 6.07) is 7.32. The van der Waals surface area contributed by atoms with Crippen LogP contribution in [0.25, 0.3) is 11.1 Å². The molecule has 3 heterocycles. The molecule has 1 aliphatic carbocycles. The van der Waals surface area contributed by atoms with Gasteiger partial charge in [-0.25, -0.2) is 4.79 Å². The van der Waals surface area contributed by atoms with Gasteiger partial charge in [0.2, 0.25) is 0 Å². The van der Waals surface area contributed by atoms with E-state index in [9.17, 15) is 9.59 Å². The van der Waals surface area contributed by atoms with Crippen molar-refractivity contribution in [1.82, 2.24) is 20.3 Å². The van der Waals surface area contributed by atoms with Crippen molar-refractivity contribution >= 4 is 6.09 Å². The molecule has 154 valence electrons. The van der Waals surface area contributed by atoms with Crippen LogP contribution < -0.4 is 15.6 Å². The van der Waals surface area contributed by atoms with Crippen molar-refractivity contribution in [2.75, 3.05) is 0 Å². The van der Waals surface area contributed by atoms with E-state index in [2.05, 4.69) is 20.3 Å². The predicted octanol–water partition coefficient (Wildman–Crippen LogP) is 3.94. The van der Waals surface area contributed by atoms with Crippen molar-refractivity contribution in [1.29, 1.82) is 0 Å². The molecule has 1 fully saturated rings. The highest BCUT2D eigenvalue weighted by Crippen LogP contribution is 2.40. The monoisotopic (exact) mass is 404 g/mol. The standard InChI is InChI=1S/C23H24N4O3/c1-3-15-10-20(14(2)26-22(15)28)18-9-19(13-25-12-18)30-23(29)27-21(16-6-7-16)17-5-4-8-24-11-17/h4-5,8-13,16,21H,3,6-7H2,1-2H3,(H,26,28)(H,27,29). The van der Waals surface area contributed by atoms with Crippen molar-refractivity contribution in [3.63, 3.8) is 0 Å². The quantitative estimate of drug-likeness (QED) is 0.649. The van der Waals surface area contributed by atoms with Crippen molar-refractivity contribution in [3.05, 3.63) is 76.2 Å². The highest BCUT2D eigenvalue weighted by atomic mass is 16.6. The number of aryl methyl sites for hydroxylation is 2.